The van der Waals surface area contributed by atoms with Gasteiger partial charge in [0, 0.05) is 6.92 Å². The van der Waals surface area contributed by atoms with E-state index in [9.17, 15) is 4.79 Å². The topological polar surface area (TPSA) is 26.3 Å². The number of ether oxygens (including phenoxy) is 1. The molecule has 0 spiro atoms. The molecule has 0 rings (SSSR count). The van der Waals surface area contributed by atoms with Crippen molar-refractivity contribution in [1.29, 1.82) is 0 Å². The van der Waals surface area contributed by atoms with E-state index in [1.807, 2.05) is 12.2 Å². The first-order chi connectivity index (χ1) is 5.42. The van der Waals surface area contributed by atoms with Crippen molar-refractivity contribution in [3.63, 3.8) is 0 Å². The van der Waals surface area contributed by atoms with Crippen LogP contribution in [0.5, 0.6) is 0 Å². The third-order valence-electron chi connectivity index (χ3n) is 1.28. The lowest BCUT2D eigenvalue weighted by Gasteiger charge is -2.14. The van der Waals surface area contributed by atoms with Gasteiger partial charge in [-0.1, -0.05) is 32.9 Å². The summed E-state index contributed by atoms with van der Waals surface area (Å²) in [5.74, 6) is -0.226. The van der Waals surface area contributed by atoms with Gasteiger partial charge in [0.25, 0.3) is 0 Å². The average molecular weight is 170 g/mol. The summed E-state index contributed by atoms with van der Waals surface area (Å²) in [6.45, 7) is 8.32. The molecule has 0 heterocycles. The van der Waals surface area contributed by atoms with Gasteiger partial charge in [-0.2, -0.15) is 0 Å². The van der Waals surface area contributed by atoms with Crippen LogP contribution in [0.4, 0.5) is 0 Å². The van der Waals surface area contributed by atoms with E-state index in [0.29, 0.717) is 12.0 Å². The van der Waals surface area contributed by atoms with Crippen LogP contribution in [-0.2, 0) is 9.53 Å². The first-order valence-electron chi connectivity index (χ1n) is 4.20. The summed E-state index contributed by atoms with van der Waals surface area (Å²) < 4.78 is 4.73. The lowest BCUT2D eigenvalue weighted by atomic mass is 9.92. The Morgan fingerprint density at radius 1 is 1.33 bits per heavy atom. The maximum atomic E-state index is 10.3. The zero-order valence-electron chi connectivity index (χ0n) is 8.39. The minimum atomic E-state index is -0.226. The van der Waals surface area contributed by atoms with Crippen LogP contribution in [0, 0.1) is 5.41 Å². The van der Waals surface area contributed by atoms with Gasteiger partial charge in [-0.25, -0.2) is 0 Å². The Morgan fingerprint density at radius 3 is 2.33 bits per heavy atom. The quantitative estimate of drug-likeness (QED) is 0.480. The largest absolute Gasteiger partial charge is 0.462 e. The number of esters is 1. The molecule has 2 heteroatoms. The molecule has 0 aromatic carbocycles. The highest BCUT2D eigenvalue weighted by Crippen LogP contribution is 2.18. The van der Waals surface area contributed by atoms with E-state index < -0.39 is 0 Å². The second-order valence-electron chi connectivity index (χ2n) is 4.04. The molecule has 0 saturated heterocycles. The van der Waals surface area contributed by atoms with Crippen LogP contribution < -0.4 is 0 Å². The van der Waals surface area contributed by atoms with Crippen LogP contribution in [-0.4, -0.2) is 12.6 Å². The van der Waals surface area contributed by atoms with Crippen LogP contribution in [0.25, 0.3) is 0 Å². The molecule has 0 radical (unpaired) electrons. The number of hydrogen-bond acceptors (Lipinski definition) is 2. The fraction of sp³-hybridized carbons (Fsp3) is 0.700. The molecule has 0 aliphatic carbocycles. The van der Waals surface area contributed by atoms with Crippen molar-refractivity contribution in [1.82, 2.24) is 0 Å². The normalized spacial score (nSPS) is 12.0. The monoisotopic (exact) mass is 170 g/mol. The molecule has 0 aromatic rings. The fourth-order valence-corrected chi connectivity index (χ4v) is 0.670. The summed E-state index contributed by atoms with van der Waals surface area (Å²) in [6, 6.07) is 0. The standard InChI is InChI=1S/C10H18O2/c1-9(11)12-8-6-5-7-10(2,3)4/h5-6H,7-8H2,1-4H3. The number of allylic oxidation sites excluding steroid dienone is 1. The Kier molecular flexibility index (Phi) is 4.64. The molecule has 12 heavy (non-hydrogen) atoms. The summed E-state index contributed by atoms with van der Waals surface area (Å²) in [5, 5.41) is 0. The van der Waals surface area contributed by atoms with E-state index in [1.165, 1.54) is 6.92 Å². The smallest absolute Gasteiger partial charge is 0.302 e. The van der Waals surface area contributed by atoms with Gasteiger partial charge in [-0.3, -0.25) is 4.79 Å². The first kappa shape index (κ1) is 11.2. The molecule has 0 aliphatic heterocycles. The van der Waals surface area contributed by atoms with E-state index in [-0.39, 0.29) is 5.97 Å². The number of carbonyl (C=O) groups is 1. The summed E-state index contributed by atoms with van der Waals surface area (Å²) >= 11 is 0. The van der Waals surface area contributed by atoms with Crippen molar-refractivity contribution < 1.29 is 9.53 Å². The van der Waals surface area contributed by atoms with Crippen LogP contribution in [0.15, 0.2) is 12.2 Å². The van der Waals surface area contributed by atoms with Gasteiger partial charge in [-0.05, 0) is 11.8 Å². The van der Waals surface area contributed by atoms with Crippen molar-refractivity contribution in [3.05, 3.63) is 12.2 Å². The molecule has 0 N–H and O–H groups in total. The molecule has 70 valence electrons. The van der Waals surface area contributed by atoms with E-state index in [0.717, 1.165) is 6.42 Å². The highest BCUT2D eigenvalue weighted by Gasteiger charge is 2.05. The molecule has 0 bridgehead atoms. The molecule has 0 atom stereocenters. The van der Waals surface area contributed by atoms with Crippen molar-refractivity contribution in [2.24, 2.45) is 5.41 Å². The second-order valence-corrected chi connectivity index (χ2v) is 4.04. The highest BCUT2D eigenvalue weighted by atomic mass is 16.5. The maximum Gasteiger partial charge on any atom is 0.302 e. The van der Waals surface area contributed by atoms with Gasteiger partial charge < -0.3 is 4.74 Å². The minimum absolute atomic E-state index is 0.226. The van der Waals surface area contributed by atoms with E-state index in [2.05, 4.69) is 20.8 Å². The first-order valence-corrected chi connectivity index (χ1v) is 4.20. The van der Waals surface area contributed by atoms with Crippen LogP contribution in [0.2, 0.25) is 0 Å². The molecule has 0 saturated carbocycles. The summed E-state index contributed by atoms with van der Waals surface area (Å²) in [6.07, 6.45) is 4.93. The van der Waals surface area contributed by atoms with Gasteiger partial charge in [0.2, 0.25) is 0 Å². The van der Waals surface area contributed by atoms with Gasteiger partial charge in [0.15, 0.2) is 0 Å². The van der Waals surface area contributed by atoms with Crippen LogP contribution in [0.3, 0.4) is 0 Å². The molecular weight excluding hydrogens is 152 g/mol. The van der Waals surface area contributed by atoms with Crippen molar-refractivity contribution in [2.75, 3.05) is 6.61 Å². The Bertz CT molecular complexity index is 163. The van der Waals surface area contributed by atoms with Crippen molar-refractivity contribution in [2.45, 2.75) is 34.1 Å². The highest BCUT2D eigenvalue weighted by molar-refractivity contribution is 5.65. The summed E-state index contributed by atoms with van der Waals surface area (Å²) in [4.78, 5) is 10.3. The molecule has 2 nitrogen and oxygen atoms in total. The minimum Gasteiger partial charge on any atom is -0.462 e. The van der Waals surface area contributed by atoms with Gasteiger partial charge in [0.1, 0.15) is 6.61 Å². The van der Waals surface area contributed by atoms with E-state index in [1.54, 1.807) is 0 Å². The zero-order valence-corrected chi connectivity index (χ0v) is 8.39. The third kappa shape index (κ3) is 9.21. The van der Waals surface area contributed by atoms with Gasteiger partial charge in [-0.15, -0.1) is 0 Å². The molecule has 0 unspecified atom stereocenters. The summed E-state index contributed by atoms with van der Waals surface area (Å²) in [5.41, 5.74) is 0.312. The predicted octanol–water partition coefficient (Wildman–Crippen LogP) is 2.54. The third-order valence-corrected chi connectivity index (χ3v) is 1.28. The lowest BCUT2D eigenvalue weighted by molar-refractivity contribution is -0.139. The molecule has 0 amide bonds. The van der Waals surface area contributed by atoms with Crippen molar-refractivity contribution in [3.8, 4) is 0 Å². The Labute approximate surface area is 74.6 Å². The number of rotatable bonds is 3. The molecular formula is C10H18O2. The number of hydrogen-bond donors (Lipinski definition) is 0. The van der Waals surface area contributed by atoms with Gasteiger partial charge in [0.05, 0.1) is 0 Å². The SMILES string of the molecule is CC(=O)OCC=CCC(C)(C)C. The lowest BCUT2D eigenvalue weighted by Crippen LogP contribution is -2.02. The fourth-order valence-electron chi connectivity index (χ4n) is 0.670. The second kappa shape index (κ2) is 4.96. The van der Waals surface area contributed by atoms with Crippen LogP contribution >= 0.6 is 0 Å². The Morgan fingerprint density at radius 2 is 1.92 bits per heavy atom. The average Bonchev–Trinajstić information content (AvgIpc) is 1.83. The zero-order chi connectivity index (χ0) is 9.61. The van der Waals surface area contributed by atoms with Gasteiger partial charge >= 0.3 is 5.97 Å². The Balaban J connectivity index is 3.45. The predicted molar refractivity (Wildman–Crippen MR) is 49.8 cm³/mol. The Hall–Kier alpha value is -0.790. The summed E-state index contributed by atoms with van der Waals surface area (Å²) in [7, 11) is 0. The molecule has 0 fully saturated rings. The molecule has 0 aromatic heterocycles. The van der Waals surface area contributed by atoms with Crippen molar-refractivity contribution >= 4 is 5.97 Å². The van der Waals surface area contributed by atoms with Crippen LogP contribution in [0.1, 0.15) is 34.1 Å². The maximum absolute atomic E-state index is 10.3. The van der Waals surface area contributed by atoms with E-state index >= 15 is 0 Å². The number of carbonyl (C=O) groups excluding carboxylic acids is 1. The molecule has 0 aliphatic rings. The van der Waals surface area contributed by atoms with E-state index in [4.69, 9.17) is 4.74 Å².